The Balaban J connectivity index is 2.35. The van der Waals surface area contributed by atoms with Gasteiger partial charge in [0.05, 0.1) is 4.92 Å². The van der Waals surface area contributed by atoms with E-state index < -0.39 is 4.92 Å². The molecule has 1 amide bonds. The van der Waals surface area contributed by atoms with Crippen LogP contribution in [0.4, 0.5) is 11.4 Å². The predicted molar refractivity (Wildman–Crippen MR) is 80.5 cm³/mol. The van der Waals surface area contributed by atoms with Crippen LogP contribution in [0.3, 0.4) is 0 Å². The van der Waals surface area contributed by atoms with E-state index in [0.29, 0.717) is 18.8 Å². The van der Waals surface area contributed by atoms with E-state index in [1.165, 1.54) is 6.07 Å². The van der Waals surface area contributed by atoms with E-state index >= 15 is 0 Å². The third-order valence-electron chi connectivity index (χ3n) is 3.23. The summed E-state index contributed by atoms with van der Waals surface area (Å²) in [6, 6.07) is 4.80. The minimum absolute atomic E-state index is 0.142. The van der Waals surface area contributed by atoms with Crippen molar-refractivity contribution in [1.82, 2.24) is 4.90 Å². The van der Waals surface area contributed by atoms with Crippen LogP contribution < -0.4 is 5.32 Å². The Morgan fingerprint density at radius 1 is 1.40 bits per heavy atom. The van der Waals surface area contributed by atoms with Crippen molar-refractivity contribution in [3.8, 4) is 0 Å². The molecule has 0 saturated carbocycles. The number of thioether (sulfide) groups is 1. The normalized spacial score (nSPS) is 15.6. The third-order valence-corrected chi connectivity index (χ3v) is 4.28. The summed E-state index contributed by atoms with van der Waals surface area (Å²) in [7, 11) is 1.61. The molecule has 0 aromatic heterocycles. The zero-order valence-electron chi connectivity index (χ0n) is 11.3. The van der Waals surface area contributed by atoms with Crippen LogP contribution in [0, 0.1) is 10.1 Å². The lowest BCUT2D eigenvalue weighted by Gasteiger charge is -2.20. The zero-order valence-corrected chi connectivity index (χ0v) is 12.1. The summed E-state index contributed by atoms with van der Waals surface area (Å²) >= 11 is 1.81. The van der Waals surface area contributed by atoms with Gasteiger partial charge in [-0.25, -0.2) is 0 Å². The highest BCUT2D eigenvalue weighted by molar-refractivity contribution is 7.99. The Labute approximate surface area is 121 Å². The van der Waals surface area contributed by atoms with Crippen molar-refractivity contribution in [2.24, 2.45) is 0 Å². The molecular weight excluding hydrogens is 278 g/mol. The van der Waals surface area contributed by atoms with Gasteiger partial charge < -0.3 is 10.2 Å². The van der Waals surface area contributed by atoms with Crippen LogP contribution in [0.2, 0.25) is 0 Å². The monoisotopic (exact) mass is 295 g/mol. The van der Waals surface area contributed by atoms with Crippen LogP contribution >= 0.6 is 11.8 Å². The van der Waals surface area contributed by atoms with Gasteiger partial charge in [0.2, 0.25) is 0 Å². The molecule has 0 aliphatic carbocycles. The molecule has 108 valence electrons. The van der Waals surface area contributed by atoms with E-state index in [9.17, 15) is 14.9 Å². The first-order valence-corrected chi connectivity index (χ1v) is 7.63. The molecule has 0 spiro atoms. The van der Waals surface area contributed by atoms with E-state index in [-0.39, 0.29) is 17.2 Å². The molecule has 1 fully saturated rings. The van der Waals surface area contributed by atoms with Gasteiger partial charge in [-0.3, -0.25) is 14.9 Å². The topological polar surface area (TPSA) is 75.5 Å². The first kappa shape index (κ1) is 14.6. The average Bonchev–Trinajstić information content (AvgIpc) is 2.74. The molecule has 20 heavy (non-hydrogen) atoms. The molecule has 7 heteroatoms. The number of nitrogens with zero attached hydrogens (tertiary/aromatic N) is 2. The van der Waals surface area contributed by atoms with Gasteiger partial charge in [-0.1, -0.05) is 6.07 Å². The summed E-state index contributed by atoms with van der Waals surface area (Å²) in [6.07, 6.45) is 0.927. The number of nitro benzene ring substituents is 1. The van der Waals surface area contributed by atoms with Gasteiger partial charge in [0.1, 0.15) is 11.3 Å². The molecule has 0 atom stereocenters. The average molecular weight is 295 g/mol. The van der Waals surface area contributed by atoms with Crippen molar-refractivity contribution >= 4 is 29.0 Å². The Morgan fingerprint density at radius 3 is 2.90 bits per heavy atom. The van der Waals surface area contributed by atoms with E-state index in [0.717, 1.165) is 17.9 Å². The number of hydrogen-bond donors (Lipinski definition) is 1. The van der Waals surface area contributed by atoms with Crippen molar-refractivity contribution in [2.45, 2.75) is 6.42 Å². The largest absolute Gasteiger partial charge is 0.383 e. The SMILES string of the molecule is CNc1cccc(C(=O)N2CCCSCC2)c1[N+](=O)[O-]. The Hall–Kier alpha value is -1.76. The number of para-hydroxylation sites is 1. The molecule has 0 unspecified atom stereocenters. The Morgan fingerprint density at radius 2 is 2.20 bits per heavy atom. The fraction of sp³-hybridized carbons (Fsp3) is 0.462. The van der Waals surface area contributed by atoms with E-state index in [4.69, 9.17) is 0 Å². The lowest BCUT2D eigenvalue weighted by Crippen LogP contribution is -2.33. The second-order valence-electron chi connectivity index (χ2n) is 4.47. The fourth-order valence-corrected chi connectivity index (χ4v) is 3.12. The summed E-state index contributed by atoms with van der Waals surface area (Å²) in [4.78, 5) is 25.0. The van der Waals surface area contributed by atoms with Crippen molar-refractivity contribution in [3.63, 3.8) is 0 Å². The maximum atomic E-state index is 12.5. The number of carbonyl (C=O) groups is 1. The maximum absolute atomic E-state index is 12.5. The van der Waals surface area contributed by atoms with Crippen molar-refractivity contribution in [3.05, 3.63) is 33.9 Å². The van der Waals surface area contributed by atoms with E-state index in [1.807, 2.05) is 11.8 Å². The lowest BCUT2D eigenvalue weighted by molar-refractivity contribution is -0.384. The maximum Gasteiger partial charge on any atom is 0.305 e. The number of carbonyl (C=O) groups excluding carboxylic acids is 1. The molecule has 1 heterocycles. The number of nitrogens with one attached hydrogen (secondary N) is 1. The summed E-state index contributed by atoms with van der Waals surface area (Å²) in [5, 5.41) is 14.0. The van der Waals surface area contributed by atoms with Crippen molar-refractivity contribution < 1.29 is 9.72 Å². The van der Waals surface area contributed by atoms with Gasteiger partial charge in [-0.2, -0.15) is 11.8 Å². The molecule has 1 aromatic rings. The fourth-order valence-electron chi connectivity index (χ4n) is 2.23. The smallest absolute Gasteiger partial charge is 0.305 e. The van der Waals surface area contributed by atoms with Crippen LogP contribution in [0.1, 0.15) is 16.8 Å². The van der Waals surface area contributed by atoms with Crippen LogP contribution in [-0.4, -0.2) is 47.4 Å². The minimum atomic E-state index is -0.494. The number of amides is 1. The van der Waals surface area contributed by atoms with Gasteiger partial charge in [0.25, 0.3) is 5.91 Å². The number of anilines is 1. The summed E-state index contributed by atoms with van der Waals surface area (Å²) in [5.41, 5.74) is 0.385. The standard InChI is InChI=1S/C13H17N3O3S/c1-14-11-5-2-4-10(12(11)16(18)19)13(17)15-6-3-8-20-9-7-15/h2,4-5,14H,3,6-9H2,1H3. The van der Waals surface area contributed by atoms with Crippen LogP contribution in [0.15, 0.2) is 18.2 Å². The minimum Gasteiger partial charge on any atom is -0.383 e. The zero-order chi connectivity index (χ0) is 14.5. The number of hydrogen-bond acceptors (Lipinski definition) is 5. The summed E-state index contributed by atoms with van der Waals surface area (Å²) < 4.78 is 0. The molecule has 1 saturated heterocycles. The number of benzene rings is 1. The summed E-state index contributed by atoms with van der Waals surface area (Å²) in [6.45, 7) is 1.30. The van der Waals surface area contributed by atoms with Crippen LogP contribution in [0.5, 0.6) is 0 Å². The Bertz CT molecular complexity index is 514. The first-order chi connectivity index (χ1) is 9.65. The lowest BCUT2D eigenvalue weighted by atomic mass is 10.1. The number of rotatable bonds is 3. The quantitative estimate of drug-likeness (QED) is 0.683. The molecule has 0 radical (unpaired) electrons. The van der Waals surface area contributed by atoms with Crippen LogP contribution in [0.25, 0.3) is 0 Å². The molecule has 2 rings (SSSR count). The van der Waals surface area contributed by atoms with E-state index in [2.05, 4.69) is 5.32 Å². The second-order valence-corrected chi connectivity index (χ2v) is 5.69. The third kappa shape index (κ3) is 3.04. The van der Waals surface area contributed by atoms with E-state index in [1.54, 1.807) is 24.1 Å². The van der Waals surface area contributed by atoms with Crippen LogP contribution in [-0.2, 0) is 0 Å². The van der Waals surface area contributed by atoms with Gasteiger partial charge >= 0.3 is 5.69 Å². The predicted octanol–water partition coefficient (Wildman–Crippen LogP) is 2.22. The Kier molecular flexibility index (Phi) is 4.84. The summed E-state index contributed by atoms with van der Waals surface area (Å²) in [5.74, 6) is 1.66. The number of nitro groups is 1. The van der Waals surface area contributed by atoms with Gasteiger partial charge in [0.15, 0.2) is 0 Å². The molecule has 1 aromatic carbocycles. The molecule has 0 bridgehead atoms. The van der Waals surface area contributed by atoms with Crippen molar-refractivity contribution in [1.29, 1.82) is 0 Å². The molecule has 1 aliphatic rings. The highest BCUT2D eigenvalue weighted by Crippen LogP contribution is 2.29. The molecule has 6 nitrogen and oxygen atoms in total. The highest BCUT2D eigenvalue weighted by Gasteiger charge is 2.27. The van der Waals surface area contributed by atoms with Gasteiger partial charge in [-0.15, -0.1) is 0 Å². The van der Waals surface area contributed by atoms with Gasteiger partial charge in [0, 0.05) is 25.9 Å². The first-order valence-electron chi connectivity index (χ1n) is 6.47. The van der Waals surface area contributed by atoms with Gasteiger partial charge in [-0.05, 0) is 24.3 Å². The highest BCUT2D eigenvalue weighted by atomic mass is 32.2. The molecule has 1 aliphatic heterocycles. The molecule has 1 N–H and O–H groups in total. The van der Waals surface area contributed by atoms with Crippen molar-refractivity contribution in [2.75, 3.05) is 37.0 Å². The molecular formula is C13H17N3O3S. The second kappa shape index (κ2) is 6.60.